The van der Waals surface area contributed by atoms with Crippen LogP contribution in [0.1, 0.15) is 26.0 Å². The van der Waals surface area contributed by atoms with Gasteiger partial charge in [-0.15, -0.1) is 0 Å². The summed E-state index contributed by atoms with van der Waals surface area (Å²) in [6.07, 6.45) is 2.74. The number of rotatable bonds is 7. The molecule has 2 atom stereocenters. The lowest BCUT2D eigenvalue weighted by Gasteiger charge is -2.35. The van der Waals surface area contributed by atoms with Crippen molar-refractivity contribution in [2.24, 2.45) is 11.8 Å². The molecule has 2 aromatic heterocycles. The van der Waals surface area contributed by atoms with Crippen LogP contribution in [0.5, 0.6) is 0 Å². The van der Waals surface area contributed by atoms with Gasteiger partial charge in [-0.3, -0.25) is 9.59 Å². The van der Waals surface area contributed by atoms with Crippen molar-refractivity contribution in [1.82, 2.24) is 19.8 Å². The lowest BCUT2D eigenvalue weighted by molar-refractivity contribution is -0.134. The van der Waals surface area contributed by atoms with Gasteiger partial charge in [-0.05, 0) is 42.5 Å². The van der Waals surface area contributed by atoms with Crippen LogP contribution in [0.25, 0.3) is 11.0 Å². The molecule has 0 radical (unpaired) electrons. The monoisotopic (exact) mass is 440 g/mol. The summed E-state index contributed by atoms with van der Waals surface area (Å²) >= 11 is 1.35. The molecule has 1 aromatic carbocycles. The topological polar surface area (TPSA) is 80.4 Å². The number of imidazole rings is 1. The number of thioether (sulfide) groups is 1. The van der Waals surface area contributed by atoms with Gasteiger partial charge in [0.25, 0.3) is 0 Å². The number of hydrogen-bond donors (Lipinski definition) is 1. The number of hydrogen-bond acceptors (Lipinski definition) is 5. The van der Waals surface area contributed by atoms with E-state index in [1.54, 1.807) is 12.3 Å². The number of carbonyl (C=O) groups excluding carboxylic acids is 2. The number of nitrogens with one attached hydrogen (secondary N) is 1. The molecule has 7 nitrogen and oxygen atoms in total. The number of likely N-dealkylation sites (tertiary alicyclic amines) is 1. The Morgan fingerprint density at radius 1 is 1.16 bits per heavy atom. The first kappa shape index (κ1) is 21.5. The Morgan fingerprint density at radius 3 is 2.68 bits per heavy atom. The minimum atomic E-state index is -0.106. The molecule has 31 heavy (non-hydrogen) atoms. The Balaban J connectivity index is 1.45. The number of para-hydroxylation sites is 2. The van der Waals surface area contributed by atoms with Crippen LogP contribution in [-0.2, 0) is 22.7 Å². The van der Waals surface area contributed by atoms with Gasteiger partial charge < -0.3 is 19.2 Å². The van der Waals surface area contributed by atoms with Gasteiger partial charge in [0, 0.05) is 13.1 Å². The van der Waals surface area contributed by atoms with Gasteiger partial charge in [0.15, 0.2) is 5.16 Å². The van der Waals surface area contributed by atoms with Crippen LogP contribution in [0.2, 0.25) is 0 Å². The number of amides is 2. The smallest absolute Gasteiger partial charge is 0.242 e. The van der Waals surface area contributed by atoms with Crippen molar-refractivity contribution in [3.05, 3.63) is 48.4 Å². The second-order valence-corrected chi connectivity index (χ2v) is 9.30. The molecule has 2 amide bonds. The van der Waals surface area contributed by atoms with Crippen LogP contribution in [-0.4, -0.2) is 45.1 Å². The highest BCUT2D eigenvalue weighted by atomic mass is 32.2. The van der Waals surface area contributed by atoms with Gasteiger partial charge in [0.1, 0.15) is 12.3 Å². The Bertz CT molecular complexity index is 1040. The highest BCUT2D eigenvalue weighted by Crippen LogP contribution is 2.26. The van der Waals surface area contributed by atoms with Gasteiger partial charge in [-0.25, -0.2) is 4.98 Å². The van der Waals surface area contributed by atoms with Crippen molar-refractivity contribution < 1.29 is 14.0 Å². The van der Waals surface area contributed by atoms with E-state index in [0.717, 1.165) is 30.5 Å². The summed E-state index contributed by atoms with van der Waals surface area (Å²) in [6.45, 7) is 6.58. The van der Waals surface area contributed by atoms with E-state index in [1.165, 1.54) is 11.8 Å². The van der Waals surface area contributed by atoms with E-state index in [0.29, 0.717) is 29.3 Å². The quantitative estimate of drug-likeness (QED) is 0.569. The number of piperidine rings is 1. The minimum absolute atomic E-state index is 0.102. The molecule has 0 aliphatic carbocycles. The molecule has 3 aromatic rings. The van der Waals surface area contributed by atoms with Gasteiger partial charge in [-0.1, -0.05) is 37.7 Å². The average Bonchev–Trinajstić information content (AvgIpc) is 3.38. The molecule has 8 heteroatoms. The predicted octanol–water partition coefficient (Wildman–Crippen LogP) is 3.54. The Morgan fingerprint density at radius 2 is 1.94 bits per heavy atom. The fraction of sp³-hybridized carbons (Fsp3) is 0.435. The Kier molecular flexibility index (Phi) is 6.65. The van der Waals surface area contributed by atoms with Crippen molar-refractivity contribution in [2.75, 3.05) is 18.8 Å². The van der Waals surface area contributed by atoms with Crippen LogP contribution >= 0.6 is 11.8 Å². The van der Waals surface area contributed by atoms with E-state index in [2.05, 4.69) is 24.1 Å². The molecule has 164 valence electrons. The van der Waals surface area contributed by atoms with Gasteiger partial charge in [0.05, 0.1) is 29.6 Å². The molecule has 1 fully saturated rings. The fourth-order valence-corrected chi connectivity index (χ4v) is 5.04. The third kappa shape index (κ3) is 5.31. The zero-order valence-electron chi connectivity index (χ0n) is 17.9. The van der Waals surface area contributed by atoms with E-state index >= 15 is 0 Å². The summed E-state index contributed by atoms with van der Waals surface area (Å²) in [7, 11) is 0. The molecule has 1 saturated heterocycles. The minimum Gasteiger partial charge on any atom is -0.467 e. The van der Waals surface area contributed by atoms with Crippen LogP contribution in [0.15, 0.2) is 52.2 Å². The maximum absolute atomic E-state index is 13.1. The van der Waals surface area contributed by atoms with Crippen molar-refractivity contribution in [1.29, 1.82) is 0 Å². The number of benzene rings is 1. The maximum Gasteiger partial charge on any atom is 0.242 e. The lowest BCUT2D eigenvalue weighted by Crippen LogP contribution is -2.44. The highest BCUT2D eigenvalue weighted by molar-refractivity contribution is 7.99. The first-order chi connectivity index (χ1) is 15.0. The molecule has 4 rings (SSSR count). The maximum atomic E-state index is 13.1. The molecule has 2 unspecified atom stereocenters. The van der Waals surface area contributed by atoms with Gasteiger partial charge in [0.2, 0.25) is 11.8 Å². The first-order valence-corrected chi connectivity index (χ1v) is 11.6. The van der Waals surface area contributed by atoms with Crippen LogP contribution in [0.3, 0.4) is 0 Å². The number of aromatic nitrogens is 2. The number of fused-ring (bicyclic) bond motifs is 1. The van der Waals surface area contributed by atoms with Crippen molar-refractivity contribution in [3.63, 3.8) is 0 Å². The van der Waals surface area contributed by atoms with Crippen LogP contribution in [0.4, 0.5) is 0 Å². The third-order valence-electron chi connectivity index (χ3n) is 5.51. The molecular weight excluding hydrogens is 412 g/mol. The molecule has 0 spiro atoms. The zero-order valence-corrected chi connectivity index (χ0v) is 18.7. The van der Waals surface area contributed by atoms with E-state index in [4.69, 9.17) is 4.42 Å². The highest BCUT2D eigenvalue weighted by Gasteiger charge is 2.26. The molecule has 0 bridgehead atoms. The predicted molar refractivity (Wildman–Crippen MR) is 121 cm³/mol. The normalized spacial score (nSPS) is 19.0. The molecule has 1 N–H and O–H groups in total. The van der Waals surface area contributed by atoms with Crippen LogP contribution < -0.4 is 5.32 Å². The van der Waals surface area contributed by atoms with Crippen molar-refractivity contribution in [3.8, 4) is 0 Å². The standard InChI is InChI=1S/C23H28N4O3S/c1-16-10-17(2)13-26(12-16)22(29)14-27-20-8-4-3-7-19(20)25-23(27)31-15-21(28)24-11-18-6-5-9-30-18/h3-9,16-17H,10-15H2,1-2H3,(H,24,28). The van der Waals surface area contributed by atoms with Crippen molar-refractivity contribution in [2.45, 2.75) is 38.5 Å². The van der Waals surface area contributed by atoms with E-state index in [1.807, 2.05) is 39.8 Å². The number of furan rings is 1. The summed E-state index contributed by atoms with van der Waals surface area (Å²) in [6, 6.07) is 11.4. The molecule has 1 aliphatic heterocycles. The summed E-state index contributed by atoms with van der Waals surface area (Å²) < 4.78 is 7.18. The lowest BCUT2D eigenvalue weighted by atomic mass is 9.92. The number of nitrogens with zero attached hydrogens (tertiary/aromatic N) is 3. The molecular formula is C23H28N4O3S. The van der Waals surface area contributed by atoms with E-state index < -0.39 is 0 Å². The van der Waals surface area contributed by atoms with Gasteiger partial charge in [-0.2, -0.15) is 0 Å². The zero-order chi connectivity index (χ0) is 21.8. The second-order valence-electron chi connectivity index (χ2n) is 8.36. The second kappa shape index (κ2) is 9.60. The summed E-state index contributed by atoms with van der Waals surface area (Å²) in [5.41, 5.74) is 1.74. The Hall–Kier alpha value is -2.74. The number of carbonyl (C=O) groups is 2. The molecule has 3 heterocycles. The Labute approximate surface area is 186 Å². The molecule has 1 aliphatic rings. The van der Waals surface area contributed by atoms with E-state index in [9.17, 15) is 9.59 Å². The van der Waals surface area contributed by atoms with Crippen LogP contribution in [0, 0.1) is 11.8 Å². The van der Waals surface area contributed by atoms with Gasteiger partial charge >= 0.3 is 0 Å². The first-order valence-electron chi connectivity index (χ1n) is 10.6. The van der Waals surface area contributed by atoms with Crippen molar-refractivity contribution >= 4 is 34.6 Å². The largest absolute Gasteiger partial charge is 0.467 e. The third-order valence-corrected chi connectivity index (χ3v) is 6.48. The summed E-state index contributed by atoms with van der Waals surface area (Å²) in [4.78, 5) is 32.0. The summed E-state index contributed by atoms with van der Waals surface area (Å²) in [5.74, 6) is 1.95. The fourth-order valence-electron chi connectivity index (χ4n) is 4.20. The van der Waals surface area contributed by atoms with E-state index in [-0.39, 0.29) is 24.1 Å². The molecule has 0 saturated carbocycles. The SMILES string of the molecule is CC1CC(C)CN(C(=O)Cn2c(SCC(=O)NCc3ccco3)nc3ccccc32)C1. The average molecular weight is 441 g/mol. The summed E-state index contributed by atoms with van der Waals surface area (Å²) in [5, 5.41) is 3.53.